The van der Waals surface area contributed by atoms with Gasteiger partial charge in [-0.1, -0.05) is 5.21 Å². The normalized spacial score (nSPS) is 10.4. The summed E-state index contributed by atoms with van der Waals surface area (Å²) in [5, 5.41) is 24.7. The lowest BCUT2D eigenvalue weighted by Gasteiger charge is -2.20. The van der Waals surface area contributed by atoms with Gasteiger partial charge in [-0.05, 0) is 17.8 Å². The number of methoxy groups -OCH3 is 3. The van der Waals surface area contributed by atoms with E-state index in [0.29, 0.717) is 5.16 Å². The second kappa shape index (κ2) is 9.07. The van der Waals surface area contributed by atoms with Gasteiger partial charge in [0, 0.05) is 17.7 Å². The number of carboxylic acids is 1. The third-order valence-electron chi connectivity index (χ3n) is 3.56. The molecule has 2 rings (SSSR count). The second-order valence-corrected chi connectivity index (χ2v) is 6.11. The highest BCUT2D eigenvalue weighted by Crippen LogP contribution is 2.41. The van der Waals surface area contributed by atoms with Crippen molar-refractivity contribution in [3.05, 3.63) is 17.2 Å². The number of amides is 1. The number of benzene rings is 1. The first-order chi connectivity index (χ1) is 12.9. The summed E-state index contributed by atoms with van der Waals surface area (Å²) in [6.45, 7) is -0.100. The fraction of sp³-hybridized carbons (Fsp3) is 0.400. The predicted octanol–water partition coefficient (Wildman–Crippen LogP) is -1.57. The number of tetrazole rings is 1. The number of hydrogen-bond acceptors (Lipinski definition) is 9. The average Bonchev–Trinajstić information content (AvgIpc) is 3.07. The van der Waals surface area contributed by atoms with Crippen molar-refractivity contribution >= 4 is 23.6 Å². The number of carboxylic acid groups (broad SMARTS) is 1. The molecule has 0 radical (unpaired) electrons. The first-order valence-corrected chi connectivity index (χ1v) is 8.61. The van der Waals surface area contributed by atoms with Gasteiger partial charge in [0.1, 0.15) is 5.10 Å². The van der Waals surface area contributed by atoms with Crippen molar-refractivity contribution in [1.82, 2.24) is 20.8 Å². The van der Waals surface area contributed by atoms with Crippen molar-refractivity contribution < 1.29 is 33.6 Å². The van der Waals surface area contributed by atoms with Crippen LogP contribution in [0.1, 0.15) is 15.9 Å². The van der Waals surface area contributed by atoms with Gasteiger partial charge in [0.05, 0.1) is 40.1 Å². The van der Waals surface area contributed by atoms with Crippen LogP contribution >= 0.6 is 11.8 Å². The lowest BCUT2D eigenvalue weighted by Crippen LogP contribution is -2.33. The van der Waals surface area contributed by atoms with Crippen molar-refractivity contribution in [3.63, 3.8) is 0 Å². The standard InChI is InChI=1S/C15H19N5O6S/c1-20-15(17-18-19-20)27-7-11(21)16-6-9-8(14(22)23)5-10(24-2)13(26-4)12(9)25-3/h5H,6-7H2,1-4H3,(H2,16,21,22,23). The summed E-state index contributed by atoms with van der Waals surface area (Å²) in [6, 6.07) is 1.27. The Morgan fingerprint density at radius 3 is 2.48 bits per heavy atom. The zero-order valence-corrected chi connectivity index (χ0v) is 16.0. The van der Waals surface area contributed by atoms with Crippen LogP contribution in [0.15, 0.2) is 11.2 Å². The van der Waals surface area contributed by atoms with Crippen LogP contribution < -0.4 is 29.3 Å². The Kier molecular flexibility index (Phi) is 6.82. The number of aromatic amines is 1. The van der Waals surface area contributed by atoms with Gasteiger partial charge in [0.2, 0.25) is 11.7 Å². The van der Waals surface area contributed by atoms with Crippen molar-refractivity contribution in [3.8, 4) is 17.2 Å². The average molecular weight is 397 g/mol. The summed E-state index contributed by atoms with van der Waals surface area (Å²) in [5.41, 5.74) is 0.0424. The van der Waals surface area contributed by atoms with Gasteiger partial charge in [0.15, 0.2) is 16.7 Å². The van der Waals surface area contributed by atoms with Crippen molar-refractivity contribution in [2.75, 3.05) is 27.1 Å². The van der Waals surface area contributed by atoms with Gasteiger partial charge in [0.25, 0.3) is 0 Å². The fourth-order valence-electron chi connectivity index (χ4n) is 2.31. The van der Waals surface area contributed by atoms with Crippen molar-refractivity contribution in [1.29, 1.82) is 0 Å². The molecule has 0 unspecified atom stereocenters. The van der Waals surface area contributed by atoms with Crippen molar-refractivity contribution in [2.45, 2.75) is 11.7 Å². The van der Waals surface area contributed by atoms with Gasteiger partial charge < -0.3 is 29.4 Å². The quantitative estimate of drug-likeness (QED) is 0.379. The molecule has 0 atom stereocenters. The topological polar surface area (TPSA) is 142 Å². The first-order valence-electron chi connectivity index (χ1n) is 7.62. The Labute approximate surface area is 159 Å². The highest BCUT2D eigenvalue weighted by atomic mass is 32.2. The van der Waals surface area contributed by atoms with Crippen LogP contribution in [-0.2, 0) is 18.4 Å². The number of thioether (sulfide) groups is 1. The molecule has 0 aliphatic carbocycles. The molecule has 1 heterocycles. The smallest absolute Gasteiger partial charge is 0.360 e. The number of hydrogen-bond donors (Lipinski definition) is 2. The second-order valence-electron chi connectivity index (χ2n) is 5.17. The summed E-state index contributed by atoms with van der Waals surface area (Å²) in [5.74, 6) is -1.15. The molecule has 1 aromatic heterocycles. The molecule has 0 saturated carbocycles. The lowest BCUT2D eigenvalue weighted by molar-refractivity contribution is -0.765. The number of aromatic carboxylic acids is 1. The number of nitrogens with zero attached hydrogens (tertiary/aromatic N) is 3. The van der Waals surface area contributed by atoms with Gasteiger partial charge in [-0.2, -0.15) is 4.68 Å². The molecule has 27 heavy (non-hydrogen) atoms. The monoisotopic (exact) mass is 397 g/mol. The van der Waals surface area contributed by atoms with Crippen LogP contribution in [0.3, 0.4) is 0 Å². The number of aromatic nitrogens is 4. The van der Waals surface area contributed by atoms with E-state index in [0.717, 1.165) is 0 Å². The minimum Gasteiger partial charge on any atom is -0.545 e. The van der Waals surface area contributed by atoms with E-state index in [1.165, 1.54) is 39.2 Å². The Balaban J connectivity index is 2.19. The van der Waals surface area contributed by atoms with Gasteiger partial charge in [-0.3, -0.25) is 4.79 Å². The molecule has 0 aliphatic rings. The molecule has 2 aromatic rings. The minimum absolute atomic E-state index is 0.0661. The van der Waals surface area contributed by atoms with E-state index in [2.05, 4.69) is 20.8 Å². The summed E-state index contributed by atoms with van der Waals surface area (Å²) in [6.07, 6.45) is 0. The molecular weight excluding hydrogens is 378 g/mol. The highest BCUT2D eigenvalue weighted by Gasteiger charge is 2.22. The number of carbonyl (C=O) groups is 2. The molecule has 1 aromatic carbocycles. The number of carbonyl (C=O) groups excluding carboxylic acids is 2. The van der Waals surface area contributed by atoms with Crippen LogP contribution in [-0.4, -0.2) is 54.5 Å². The summed E-state index contributed by atoms with van der Waals surface area (Å²) >= 11 is 1.17. The minimum atomic E-state index is -1.43. The maximum absolute atomic E-state index is 12.1. The van der Waals surface area contributed by atoms with Gasteiger partial charge >= 0.3 is 5.16 Å². The van der Waals surface area contributed by atoms with Crippen LogP contribution in [0.4, 0.5) is 0 Å². The number of aryl methyl sites for hydroxylation is 1. The third-order valence-corrected chi connectivity index (χ3v) is 4.58. The Bertz CT molecular complexity index is 840. The summed E-state index contributed by atoms with van der Waals surface area (Å²) in [4.78, 5) is 23.6. The molecular formula is C15H19N5O6S. The summed E-state index contributed by atoms with van der Waals surface area (Å²) < 4.78 is 17.2. The molecule has 11 nitrogen and oxygen atoms in total. The van der Waals surface area contributed by atoms with E-state index in [-0.39, 0.29) is 46.6 Å². The molecule has 12 heteroatoms. The lowest BCUT2D eigenvalue weighted by atomic mass is 10.0. The number of H-pyrrole nitrogens is 1. The van der Waals surface area contributed by atoms with Crippen LogP contribution in [0.25, 0.3) is 0 Å². The van der Waals surface area contributed by atoms with Gasteiger partial charge in [-0.15, -0.1) is 0 Å². The van der Waals surface area contributed by atoms with Crippen LogP contribution in [0.5, 0.6) is 17.2 Å². The largest absolute Gasteiger partial charge is 0.545 e. The summed E-state index contributed by atoms with van der Waals surface area (Å²) in [7, 11) is 5.85. The third kappa shape index (κ3) is 4.58. The number of rotatable bonds is 9. The molecule has 0 spiro atoms. The molecule has 2 N–H and O–H groups in total. The maximum Gasteiger partial charge on any atom is 0.360 e. The zero-order valence-electron chi connectivity index (χ0n) is 15.2. The highest BCUT2D eigenvalue weighted by molar-refractivity contribution is 7.99. The van der Waals surface area contributed by atoms with Crippen LogP contribution in [0, 0.1) is 0 Å². The molecule has 0 fully saturated rings. The van der Waals surface area contributed by atoms with Crippen molar-refractivity contribution in [2.24, 2.45) is 7.05 Å². The maximum atomic E-state index is 12.1. The number of nitrogens with one attached hydrogen (secondary N) is 2. The van der Waals surface area contributed by atoms with E-state index in [1.54, 1.807) is 11.7 Å². The van der Waals surface area contributed by atoms with E-state index in [9.17, 15) is 14.7 Å². The Morgan fingerprint density at radius 1 is 1.26 bits per heavy atom. The SMILES string of the molecule is COc1cc(C(=O)[O-])c(CNC(=O)CSc2nn[nH][n+]2C)c(OC)c1OC. The van der Waals surface area contributed by atoms with E-state index in [4.69, 9.17) is 14.2 Å². The molecule has 0 bridgehead atoms. The first kappa shape index (κ1) is 20.3. The van der Waals surface area contributed by atoms with E-state index in [1.807, 2.05) is 0 Å². The van der Waals surface area contributed by atoms with Gasteiger partial charge in [-0.25, -0.2) is 0 Å². The number of ether oxygens (including phenoxy) is 3. The Morgan fingerprint density at radius 2 is 1.96 bits per heavy atom. The molecule has 1 amide bonds. The van der Waals surface area contributed by atoms with E-state index >= 15 is 0 Å². The predicted molar refractivity (Wildman–Crippen MR) is 90.6 cm³/mol. The fourth-order valence-corrected chi connectivity index (χ4v) is 3.00. The van der Waals surface area contributed by atoms with E-state index < -0.39 is 5.97 Å². The molecule has 0 saturated heterocycles. The molecule has 146 valence electrons. The van der Waals surface area contributed by atoms with Crippen LogP contribution in [0.2, 0.25) is 0 Å². The Hall–Kier alpha value is -3.02. The molecule has 0 aliphatic heterocycles. The zero-order chi connectivity index (χ0) is 20.0.